The van der Waals surface area contributed by atoms with Gasteiger partial charge in [0.15, 0.2) is 0 Å². The Morgan fingerprint density at radius 2 is 2.35 bits per heavy atom. The van der Waals surface area contributed by atoms with Gasteiger partial charge in [0.2, 0.25) is 5.75 Å². The lowest BCUT2D eigenvalue weighted by atomic mass is 10.2. The van der Waals surface area contributed by atoms with Gasteiger partial charge >= 0.3 is 5.69 Å². The standard InChI is InChI=1S/C10H10BrN3O3/c11-8-2-1-3-9(14(15)16)10(8)17-5-4-7(13)6-12/h1-3,7H,4-5,13H2. The van der Waals surface area contributed by atoms with E-state index in [1.54, 1.807) is 12.1 Å². The van der Waals surface area contributed by atoms with Crippen LogP contribution in [-0.4, -0.2) is 17.6 Å². The zero-order valence-electron chi connectivity index (χ0n) is 8.80. The largest absolute Gasteiger partial charge is 0.486 e. The summed E-state index contributed by atoms with van der Waals surface area (Å²) in [6.45, 7) is 0.151. The molecule has 0 saturated heterocycles. The van der Waals surface area contributed by atoms with Crippen LogP contribution in [0.4, 0.5) is 5.69 Å². The van der Waals surface area contributed by atoms with Crippen molar-refractivity contribution in [2.24, 2.45) is 5.73 Å². The molecule has 0 aliphatic rings. The van der Waals surface area contributed by atoms with Gasteiger partial charge in [0, 0.05) is 12.5 Å². The predicted molar refractivity (Wildman–Crippen MR) is 64.5 cm³/mol. The molecule has 17 heavy (non-hydrogen) atoms. The van der Waals surface area contributed by atoms with Crippen LogP contribution < -0.4 is 10.5 Å². The number of para-hydroxylation sites is 1. The fourth-order valence-electron chi connectivity index (χ4n) is 1.14. The van der Waals surface area contributed by atoms with Gasteiger partial charge in [0.05, 0.1) is 28.1 Å². The van der Waals surface area contributed by atoms with Gasteiger partial charge in [0.1, 0.15) is 0 Å². The number of ether oxygens (including phenoxy) is 1. The lowest BCUT2D eigenvalue weighted by molar-refractivity contribution is -0.386. The molecule has 0 saturated carbocycles. The van der Waals surface area contributed by atoms with Gasteiger partial charge < -0.3 is 10.5 Å². The number of nitro groups is 1. The molecule has 6 nitrogen and oxygen atoms in total. The zero-order valence-corrected chi connectivity index (χ0v) is 10.4. The van der Waals surface area contributed by atoms with Gasteiger partial charge in [-0.3, -0.25) is 10.1 Å². The lowest BCUT2D eigenvalue weighted by Crippen LogP contribution is -2.20. The number of hydrogen-bond donors (Lipinski definition) is 1. The molecule has 0 aliphatic carbocycles. The molecule has 2 N–H and O–H groups in total. The molecule has 0 amide bonds. The summed E-state index contributed by atoms with van der Waals surface area (Å²) < 4.78 is 5.78. The van der Waals surface area contributed by atoms with Crippen molar-refractivity contribution in [2.45, 2.75) is 12.5 Å². The van der Waals surface area contributed by atoms with Gasteiger partial charge in [-0.2, -0.15) is 5.26 Å². The Bertz CT molecular complexity index is 459. The molecular formula is C10H10BrN3O3. The Kier molecular flexibility index (Phi) is 4.87. The van der Waals surface area contributed by atoms with E-state index in [4.69, 9.17) is 15.7 Å². The molecule has 7 heteroatoms. The summed E-state index contributed by atoms with van der Waals surface area (Å²) in [6, 6.07) is 5.78. The highest BCUT2D eigenvalue weighted by Gasteiger charge is 2.17. The number of nitrogens with zero attached hydrogens (tertiary/aromatic N) is 2. The molecule has 1 aromatic rings. The fraction of sp³-hybridized carbons (Fsp3) is 0.300. The molecule has 0 bridgehead atoms. The molecule has 0 radical (unpaired) electrons. The maximum absolute atomic E-state index is 10.8. The third-order valence-corrected chi connectivity index (χ3v) is 2.61. The highest BCUT2D eigenvalue weighted by molar-refractivity contribution is 9.10. The molecule has 90 valence electrons. The van der Waals surface area contributed by atoms with Crippen LogP contribution >= 0.6 is 15.9 Å². The van der Waals surface area contributed by atoms with Gasteiger partial charge in [-0.15, -0.1) is 0 Å². The number of nitriles is 1. The number of halogens is 1. The average Bonchev–Trinajstić information content (AvgIpc) is 2.30. The van der Waals surface area contributed by atoms with Crippen molar-refractivity contribution in [1.29, 1.82) is 5.26 Å². The van der Waals surface area contributed by atoms with Gasteiger partial charge in [0.25, 0.3) is 0 Å². The Morgan fingerprint density at radius 1 is 1.65 bits per heavy atom. The highest BCUT2D eigenvalue weighted by atomic mass is 79.9. The second kappa shape index (κ2) is 6.18. The first-order chi connectivity index (χ1) is 8.06. The van der Waals surface area contributed by atoms with E-state index < -0.39 is 11.0 Å². The Labute approximate surface area is 106 Å². The molecule has 1 aromatic carbocycles. The molecule has 0 heterocycles. The van der Waals surface area contributed by atoms with Crippen LogP contribution in [0, 0.1) is 21.4 Å². The number of benzene rings is 1. The number of nitro benzene ring substituents is 1. The van der Waals surface area contributed by atoms with Crippen LogP contribution in [0.3, 0.4) is 0 Å². The minimum absolute atomic E-state index is 0.120. The monoisotopic (exact) mass is 299 g/mol. The Balaban J connectivity index is 2.76. The Morgan fingerprint density at radius 3 is 2.94 bits per heavy atom. The molecule has 0 fully saturated rings. The minimum atomic E-state index is -0.628. The number of nitrogens with two attached hydrogens (primary N) is 1. The van der Waals surface area contributed by atoms with Crippen LogP contribution in [0.5, 0.6) is 5.75 Å². The predicted octanol–water partition coefficient (Wildman–Crippen LogP) is 1.98. The van der Waals surface area contributed by atoms with Gasteiger partial charge in [-0.05, 0) is 22.0 Å². The van der Waals surface area contributed by atoms with Crippen molar-refractivity contribution in [2.75, 3.05) is 6.61 Å². The first-order valence-corrected chi connectivity index (χ1v) is 5.56. The van der Waals surface area contributed by atoms with E-state index in [0.29, 0.717) is 10.9 Å². The maximum Gasteiger partial charge on any atom is 0.312 e. The summed E-state index contributed by atoms with van der Waals surface area (Å²) in [6.07, 6.45) is 0.314. The summed E-state index contributed by atoms with van der Waals surface area (Å²) in [5, 5.41) is 19.2. The smallest absolute Gasteiger partial charge is 0.312 e. The number of rotatable bonds is 5. The van der Waals surface area contributed by atoms with E-state index in [9.17, 15) is 10.1 Å². The lowest BCUT2D eigenvalue weighted by Gasteiger charge is -2.08. The van der Waals surface area contributed by atoms with E-state index in [2.05, 4.69) is 15.9 Å². The van der Waals surface area contributed by atoms with E-state index in [1.807, 2.05) is 6.07 Å². The summed E-state index contributed by atoms with van der Waals surface area (Å²) in [5.74, 6) is 0.155. The van der Waals surface area contributed by atoms with Crippen LogP contribution in [0.1, 0.15) is 6.42 Å². The SMILES string of the molecule is N#CC(N)CCOc1c(Br)cccc1[N+](=O)[O-]. The number of hydrogen-bond acceptors (Lipinski definition) is 5. The van der Waals surface area contributed by atoms with E-state index >= 15 is 0 Å². The average molecular weight is 300 g/mol. The quantitative estimate of drug-likeness (QED) is 0.661. The maximum atomic E-state index is 10.8. The fourth-order valence-corrected chi connectivity index (χ4v) is 1.61. The highest BCUT2D eigenvalue weighted by Crippen LogP contribution is 2.34. The van der Waals surface area contributed by atoms with Crippen LogP contribution in [-0.2, 0) is 0 Å². The van der Waals surface area contributed by atoms with Crippen molar-refractivity contribution in [1.82, 2.24) is 0 Å². The molecule has 0 aliphatic heterocycles. The molecule has 1 unspecified atom stereocenters. The second-order valence-corrected chi connectivity index (χ2v) is 4.07. The Hall–Kier alpha value is -1.65. The van der Waals surface area contributed by atoms with Crippen molar-refractivity contribution < 1.29 is 9.66 Å². The van der Waals surface area contributed by atoms with E-state index in [-0.39, 0.29) is 18.0 Å². The first kappa shape index (κ1) is 13.4. The molecular weight excluding hydrogens is 290 g/mol. The summed E-state index contributed by atoms with van der Waals surface area (Å²) in [4.78, 5) is 10.2. The van der Waals surface area contributed by atoms with Gasteiger partial charge in [-0.25, -0.2) is 0 Å². The van der Waals surface area contributed by atoms with Crippen molar-refractivity contribution in [3.8, 4) is 11.8 Å². The van der Waals surface area contributed by atoms with Crippen molar-refractivity contribution >= 4 is 21.6 Å². The summed E-state index contributed by atoms with van der Waals surface area (Å²) in [5.41, 5.74) is 5.27. The van der Waals surface area contributed by atoms with Crippen LogP contribution in [0.25, 0.3) is 0 Å². The molecule has 0 aromatic heterocycles. The van der Waals surface area contributed by atoms with E-state index in [0.717, 1.165) is 0 Å². The summed E-state index contributed by atoms with van der Waals surface area (Å²) in [7, 11) is 0. The van der Waals surface area contributed by atoms with Crippen molar-refractivity contribution in [3.63, 3.8) is 0 Å². The molecule has 0 spiro atoms. The van der Waals surface area contributed by atoms with Crippen LogP contribution in [0.15, 0.2) is 22.7 Å². The molecule has 1 rings (SSSR count). The summed E-state index contributed by atoms with van der Waals surface area (Å²) >= 11 is 3.17. The third kappa shape index (κ3) is 3.69. The second-order valence-electron chi connectivity index (χ2n) is 3.22. The van der Waals surface area contributed by atoms with Gasteiger partial charge in [-0.1, -0.05) is 6.07 Å². The normalized spacial score (nSPS) is 11.6. The van der Waals surface area contributed by atoms with Crippen LogP contribution in [0.2, 0.25) is 0 Å². The van der Waals surface area contributed by atoms with E-state index in [1.165, 1.54) is 6.07 Å². The molecule has 1 atom stereocenters. The topological polar surface area (TPSA) is 102 Å². The van der Waals surface area contributed by atoms with Crippen molar-refractivity contribution in [3.05, 3.63) is 32.8 Å². The zero-order chi connectivity index (χ0) is 12.8. The first-order valence-electron chi connectivity index (χ1n) is 4.77. The third-order valence-electron chi connectivity index (χ3n) is 1.98. The minimum Gasteiger partial charge on any atom is -0.486 e.